The molecule has 0 aromatic heterocycles. The molecule has 0 fully saturated rings. The van der Waals surface area contributed by atoms with Crippen molar-refractivity contribution in [3.05, 3.63) is 174 Å². The summed E-state index contributed by atoms with van der Waals surface area (Å²) < 4.78 is 4.33. The summed E-state index contributed by atoms with van der Waals surface area (Å²) in [6.07, 6.45) is -1.29. The molecular weight excluding hydrogens is 432 g/mol. The molecule has 0 aliphatic rings. The molecule has 3 nitrogen and oxygen atoms in total. The first kappa shape index (κ1) is 23.5. The fraction of sp³-hybridized carbons (Fsp3) is 0.0312. The zero-order chi connectivity index (χ0) is 24.3. The van der Waals surface area contributed by atoms with E-state index < -0.39 is 6.16 Å². The summed E-state index contributed by atoms with van der Waals surface area (Å²) in [5.41, 5.74) is 4.78. The zero-order valence-corrected chi connectivity index (χ0v) is 19.2. The van der Waals surface area contributed by atoms with E-state index in [1.54, 1.807) is 30.3 Å². The lowest BCUT2D eigenvalue weighted by Crippen LogP contribution is -2.30. The van der Waals surface area contributed by atoms with Crippen molar-refractivity contribution in [2.75, 3.05) is 0 Å². The van der Waals surface area contributed by atoms with Gasteiger partial charge in [-0.1, -0.05) is 140 Å². The second kappa shape index (κ2) is 11.5. The maximum Gasteiger partial charge on any atom is 0.511 e. The minimum absolute atomic E-state index is 0.328. The highest BCUT2D eigenvalue weighted by Gasteiger charge is 2.37. The highest BCUT2D eigenvalue weighted by Crippen LogP contribution is 2.44. The average Bonchev–Trinajstić information content (AvgIpc) is 2.92. The van der Waals surface area contributed by atoms with Crippen LogP contribution in [0.2, 0.25) is 0 Å². The van der Waals surface area contributed by atoms with Gasteiger partial charge in [0.1, 0.15) is 5.75 Å². The average molecular weight is 459 g/mol. The number of benzene rings is 5. The summed E-state index contributed by atoms with van der Waals surface area (Å²) in [5.74, 6) is 0.343. The van der Waals surface area contributed by atoms with Gasteiger partial charge in [0.05, 0.1) is 5.41 Å². The smallest absolute Gasteiger partial charge is 0.449 e. The number of ether oxygens (including phenoxy) is 1. The molecule has 1 N–H and O–H groups in total. The van der Waals surface area contributed by atoms with Crippen molar-refractivity contribution in [2.45, 2.75) is 5.41 Å². The minimum Gasteiger partial charge on any atom is -0.449 e. The molecule has 0 atom stereocenters. The Morgan fingerprint density at radius 2 is 0.714 bits per heavy atom. The molecule has 3 heteroatoms. The van der Waals surface area contributed by atoms with Gasteiger partial charge in [-0.2, -0.15) is 0 Å². The van der Waals surface area contributed by atoms with Gasteiger partial charge < -0.3 is 9.84 Å². The fourth-order valence-electron chi connectivity index (χ4n) is 4.34. The molecule has 0 amide bonds. The quantitative estimate of drug-likeness (QED) is 0.166. The molecule has 0 aliphatic heterocycles. The number of carbonyl (C=O) groups is 1. The van der Waals surface area contributed by atoms with Gasteiger partial charge in [0, 0.05) is 0 Å². The van der Waals surface area contributed by atoms with E-state index in [2.05, 4.69) is 126 Å². The highest BCUT2D eigenvalue weighted by atomic mass is 16.7. The van der Waals surface area contributed by atoms with Crippen LogP contribution in [-0.2, 0) is 5.41 Å². The van der Waals surface area contributed by atoms with E-state index in [9.17, 15) is 4.79 Å². The monoisotopic (exact) mass is 458 g/mol. The number of hydrogen-bond acceptors (Lipinski definition) is 2. The summed E-state index contributed by atoms with van der Waals surface area (Å²) >= 11 is 0. The molecule has 0 saturated carbocycles. The summed E-state index contributed by atoms with van der Waals surface area (Å²) in [7, 11) is 0. The Balaban J connectivity index is 0.000000243. The molecule has 0 heterocycles. The largest absolute Gasteiger partial charge is 0.511 e. The predicted molar refractivity (Wildman–Crippen MR) is 140 cm³/mol. The van der Waals surface area contributed by atoms with E-state index in [4.69, 9.17) is 5.11 Å². The Bertz CT molecular complexity index is 1140. The van der Waals surface area contributed by atoms with Crippen LogP contribution in [0.1, 0.15) is 22.3 Å². The molecule has 0 saturated heterocycles. The molecule has 5 aromatic carbocycles. The molecule has 5 aromatic rings. The van der Waals surface area contributed by atoms with Crippen molar-refractivity contribution < 1.29 is 14.6 Å². The van der Waals surface area contributed by atoms with Crippen molar-refractivity contribution in [2.24, 2.45) is 0 Å². The first-order valence-electron chi connectivity index (χ1n) is 11.4. The lowest BCUT2D eigenvalue weighted by atomic mass is 9.65. The van der Waals surface area contributed by atoms with Crippen LogP contribution in [0, 0.1) is 0 Å². The number of carboxylic acid groups (broad SMARTS) is 1. The van der Waals surface area contributed by atoms with E-state index >= 15 is 0 Å². The van der Waals surface area contributed by atoms with Crippen molar-refractivity contribution in [3.8, 4) is 5.75 Å². The molecule has 172 valence electrons. The van der Waals surface area contributed by atoms with Crippen molar-refractivity contribution >= 4 is 6.16 Å². The third-order valence-electron chi connectivity index (χ3n) is 5.78. The molecule has 0 unspecified atom stereocenters. The molecule has 0 radical (unpaired) electrons. The van der Waals surface area contributed by atoms with Gasteiger partial charge in [0.25, 0.3) is 0 Å². The van der Waals surface area contributed by atoms with Gasteiger partial charge in [0.2, 0.25) is 0 Å². The molecule has 35 heavy (non-hydrogen) atoms. The van der Waals surface area contributed by atoms with Crippen molar-refractivity contribution in [3.63, 3.8) is 0 Å². The summed E-state index contributed by atoms with van der Waals surface area (Å²) in [6, 6.07) is 51.5. The van der Waals surface area contributed by atoms with Crippen LogP contribution in [-0.4, -0.2) is 11.3 Å². The normalized spacial score (nSPS) is 10.5. The molecule has 5 rings (SSSR count). The van der Waals surface area contributed by atoms with Gasteiger partial charge in [-0.25, -0.2) is 4.79 Å². The van der Waals surface area contributed by atoms with Crippen LogP contribution in [0.5, 0.6) is 5.75 Å². The van der Waals surface area contributed by atoms with Gasteiger partial charge in [0.15, 0.2) is 0 Å². The lowest BCUT2D eigenvalue weighted by Gasteiger charge is -2.36. The number of para-hydroxylation sites is 1. The molecule has 0 aliphatic carbocycles. The van der Waals surface area contributed by atoms with Crippen molar-refractivity contribution in [1.29, 1.82) is 0 Å². The standard InChI is InChI=1S/C25H20.C7H6O3/c1-5-13-21(14-6-1)25(22-15-7-2-8-16-22,23-17-9-3-10-18-23)24-19-11-4-12-20-24;8-7(9)10-6-4-2-1-3-5-6/h1-20H;1-5H,(H,8,9). The molecular formula is C32H26O3. The second-order valence-corrected chi connectivity index (χ2v) is 7.90. The van der Waals surface area contributed by atoms with E-state index in [1.165, 1.54) is 22.3 Å². The Kier molecular flexibility index (Phi) is 7.72. The second-order valence-electron chi connectivity index (χ2n) is 7.90. The fourth-order valence-corrected chi connectivity index (χ4v) is 4.34. The lowest BCUT2D eigenvalue weighted by molar-refractivity contribution is 0.144. The van der Waals surface area contributed by atoms with Crippen LogP contribution >= 0.6 is 0 Å². The maximum atomic E-state index is 9.95. The van der Waals surface area contributed by atoms with Gasteiger partial charge in [-0.3, -0.25) is 0 Å². The van der Waals surface area contributed by atoms with E-state index in [0.29, 0.717) is 5.75 Å². The van der Waals surface area contributed by atoms with Gasteiger partial charge in [-0.15, -0.1) is 0 Å². The van der Waals surface area contributed by atoms with Crippen LogP contribution in [0.15, 0.2) is 152 Å². The highest BCUT2D eigenvalue weighted by molar-refractivity contribution is 5.61. The summed E-state index contributed by atoms with van der Waals surface area (Å²) in [5, 5.41) is 8.14. The van der Waals surface area contributed by atoms with Crippen LogP contribution in [0.4, 0.5) is 4.79 Å². The first-order valence-corrected chi connectivity index (χ1v) is 11.4. The summed E-state index contributed by atoms with van der Waals surface area (Å²) in [6.45, 7) is 0. The van der Waals surface area contributed by atoms with E-state index in [-0.39, 0.29) is 5.41 Å². The van der Waals surface area contributed by atoms with E-state index in [0.717, 1.165) is 0 Å². The Hall–Kier alpha value is -4.63. The minimum atomic E-state index is -1.29. The van der Waals surface area contributed by atoms with Crippen LogP contribution in [0.3, 0.4) is 0 Å². The van der Waals surface area contributed by atoms with Gasteiger partial charge in [-0.05, 0) is 34.4 Å². The third kappa shape index (κ3) is 5.48. The summed E-state index contributed by atoms with van der Waals surface area (Å²) in [4.78, 5) is 9.95. The topological polar surface area (TPSA) is 46.5 Å². The SMILES string of the molecule is O=C(O)Oc1ccccc1.c1ccc(C(c2ccccc2)(c2ccccc2)c2ccccc2)cc1. The molecule has 0 bridgehead atoms. The van der Waals surface area contributed by atoms with Gasteiger partial charge >= 0.3 is 6.16 Å². The Morgan fingerprint density at radius 1 is 0.457 bits per heavy atom. The Morgan fingerprint density at radius 3 is 0.971 bits per heavy atom. The number of hydrogen-bond donors (Lipinski definition) is 1. The third-order valence-corrected chi connectivity index (χ3v) is 5.78. The number of rotatable bonds is 5. The first-order chi connectivity index (χ1) is 17.2. The Labute approximate surface area is 205 Å². The van der Waals surface area contributed by atoms with E-state index in [1.807, 2.05) is 0 Å². The molecule has 0 spiro atoms. The van der Waals surface area contributed by atoms with Crippen LogP contribution < -0.4 is 4.74 Å². The van der Waals surface area contributed by atoms with Crippen molar-refractivity contribution in [1.82, 2.24) is 0 Å². The predicted octanol–water partition coefficient (Wildman–Crippen LogP) is 7.81. The zero-order valence-electron chi connectivity index (χ0n) is 19.2. The van der Waals surface area contributed by atoms with Crippen LogP contribution in [0.25, 0.3) is 0 Å². The maximum absolute atomic E-state index is 9.95.